The molecule has 0 saturated carbocycles. The smallest absolute Gasteiger partial charge is 0.178 e. The van der Waals surface area contributed by atoms with Crippen LogP contribution in [-0.4, -0.2) is 35.3 Å². The SMILES string of the molecule is CCN1CCC(Cc2nc(C(C)=O)cs2)CC1. The van der Waals surface area contributed by atoms with Crippen LogP contribution in [0.3, 0.4) is 0 Å². The van der Waals surface area contributed by atoms with Crippen LogP contribution in [0.25, 0.3) is 0 Å². The zero-order valence-electron chi connectivity index (χ0n) is 10.6. The number of piperidine rings is 1. The van der Waals surface area contributed by atoms with E-state index in [1.165, 1.54) is 32.5 Å². The van der Waals surface area contributed by atoms with Gasteiger partial charge in [0.2, 0.25) is 0 Å². The lowest BCUT2D eigenvalue weighted by Gasteiger charge is -2.30. The Balaban J connectivity index is 1.86. The molecule has 0 unspecified atom stereocenters. The minimum Gasteiger partial charge on any atom is -0.304 e. The molecule has 0 aliphatic carbocycles. The highest BCUT2D eigenvalue weighted by molar-refractivity contribution is 7.09. The van der Waals surface area contributed by atoms with Crippen LogP contribution in [-0.2, 0) is 6.42 Å². The molecule has 1 aliphatic heterocycles. The summed E-state index contributed by atoms with van der Waals surface area (Å²) in [6, 6.07) is 0. The van der Waals surface area contributed by atoms with Crippen LogP contribution in [0.1, 0.15) is 42.2 Å². The predicted molar refractivity (Wildman–Crippen MR) is 70.7 cm³/mol. The minimum atomic E-state index is 0.0771. The standard InChI is InChI=1S/C13H20N2OS/c1-3-15-6-4-11(5-7-15)8-13-14-12(9-17-13)10(2)16/h9,11H,3-8H2,1-2H3. The maximum absolute atomic E-state index is 11.2. The second-order valence-corrected chi connectivity index (χ2v) is 5.71. The fourth-order valence-corrected chi connectivity index (χ4v) is 3.27. The van der Waals surface area contributed by atoms with Gasteiger partial charge in [-0.2, -0.15) is 0 Å². The van der Waals surface area contributed by atoms with E-state index in [1.54, 1.807) is 18.3 Å². The lowest BCUT2D eigenvalue weighted by atomic mass is 9.94. The average Bonchev–Trinajstić information content (AvgIpc) is 2.79. The number of nitrogens with zero attached hydrogens (tertiary/aromatic N) is 2. The molecule has 1 aromatic rings. The molecule has 2 rings (SSSR count). The van der Waals surface area contributed by atoms with E-state index in [0.29, 0.717) is 5.69 Å². The van der Waals surface area contributed by atoms with Crippen LogP contribution in [0.15, 0.2) is 5.38 Å². The zero-order valence-corrected chi connectivity index (χ0v) is 11.4. The van der Waals surface area contributed by atoms with Gasteiger partial charge in [0.25, 0.3) is 0 Å². The Hall–Kier alpha value is -0.740. The monoisotopic (exact) mass is 252 g/mol. The minimum absolute atomic E-state index is 0.0771. The van der Waals surface area contributed by atoms with E-state index in [-0.39, 0.29) is 5.78 Å². The van der Waals surface area contributed by atoms with Crippen molar-refractivity contribution in [3.63, 3.8) is 0 Å². The second-order valence-electron chi connectivity index (χ2n) is 4.76. The molecule has 0 atom stereocenters. The maximum Gasteiger partial charge on any atom is 0.178 e. The van der Waals surface area contributed by atoms with Gasteiger partial charge in [-0.15, -0.1) is 11.3 Å². The number of rotatable bonds is 4. The topological polar surface area (TPSA) is 33.2 Å². The largest absolute Gasteiger partial charge is 0.304 e. The Labute approximate surface area is 107 Å². The van der Waals surface area contributed by atoms with E-state index in [9.17, 15) is 4.79 Å². The van der Waals surface area contributed by atoms with Crippen molar-refractivity contribution in [3.8, 4) is 0 Å². The van der Waals surface area contributed by atoms with Crippen molar-refractivity contribution in [1.82, 2.24) is 9.88 Å². The molecule has 0 amide bonds. The van der Waals surface area contributed by atoms with Gasteiger partial charge in [-0.1, -0.05) is 6.92 Å². The van der Waals surface area contributed by atoms with Crippen molar-refractivity contribution in [3.05, 3.63) is 16.1 Å². The Bertz CT molecular complexity index is 381. The molecule has 2 heterocycles. The number of Topliss-reactive ketones (excluding diaryl/α,β-unsaturated/α-hetero) is 1. The number of likely N-dealkylation sites (tertiary alicyclic amines) is 1. The molecule has 0 bridgehead atoms. The maximum atomic E-state index is 11.2. The van der Waals surface area contributed by atoms with Crippen LogP contribution < -0.4 is 0 Å². The summed E-state index contributed by atoms with van der Waals surface area (Å²) in [5, 5.41) is 3.02. The Morgan fingerprint density at radius 1 is 1.53 bits per heavy atom. The summed E-state index contributed by atoms with van der Waals surface area (Å²) < 4.78 is 0. The number of hydrogen-bond acceptors (Lipinski definition) is 4. The summed E-state index contributed by atoms with van der Waals surface area (Å²) in [5.41, 5.74) is 0.635. The Morgan fingerprint density at radius 2 is 2.24 bits per heavy atom. The number of aromatic nitrogens is 1. The molecule has 1 saturated heterocycles. The van der Waals surface area contributed by atoms with Crippen LogP contribution in [0.4, 0.5) is 0 Å². The van der Waals surface area contributed by atoms with Gasteiger partial charge in [0, 0.05) is 18.7 Å². The van der Waals surface area contributed by atoms with E-state index in [0.717, 1.165) is 17.3 Å². The van der Waals surface area contributed by atoms with Gasteiger partial charge in [0.1, 0.15) is 5.69 Å². The van der Waals surface area contributed by atoms with Gasteiger partial charge in [-0.25, -0.2) is 4.98 Å². The Morgan fingerprint density at radius 3 is 2.76 bits per heavy atom. The lowest BCUT2D eigenvalue weighted by Crippen LogP contribution is -2.34. The third kappa shape index (κ3) is 3.36. The molecule has 1 aliphatic rings. The normalized spacial score (nSPS) is 18.5. The van der Waals surface area contributed by atoms with Gasteiger partial charge >= 0.3 is 0 Å². The van der Waals surface area contributed by atoms with Gasteiger partial charge in [-0.05, 0) is 38.4 Å². The van der Waals surface area contributed by atoms with Crippen molar-refractivity contribution in [2.75, 3.05) is 19.6 Å². The van der Waals surface area contributed by atoms with Crippen molar-refractivity contribution in [2.45, 2.75) is 33.1 Å². The summed E-state index contributed by atoms with van der Waals surface area (Å²) in [5.74, 6) is 0.831. The number of ketones is 1. The lowest BCUT2D eigenvalue weighted by molar-refractivity contribution is 0.101. The average molecular weight is 252 g/mol. The first-order chi connectivity index (χ1) is 8.19. The fraction of sp³-hybridized carbons (Fsp3) is 0.692. The van der Waals surface area contributed by atoms with E-state index in [1.807, 2.05) is 5.38 Å². The van der Waals surface area contributed by atoms with Crippen LogP contribution in [0, 0.1) is 5.92 Å². The molecule has 0 spiro atoms. The Kier molecular flexibility index (Phi) is 4.29. The summed E-state index contributed by atoms with van der Waals surface area (Å²) in [7, 11) is 0. The number of carbonyl (C=O) groups excluding carboxylic acids is 1. The van der Waals surface area contributed by atoms with Gasteiger partial charge in [0.15, 0.2) is 5.78 Å². The van der Waals surface area contributed by atoms with E-state index < -0.39 is 0 Å². The molecule has 0 aromatic carbocycles. The molecular weight excluding hydrogens is 232 g/mol. The molecule has 17 heavy (non-hydrogen) atoms. The molecule has 0 N–H and O–H groups in total. The zero-order chi connectivity index (χ0) is 12.3. The second kappa shape index (κ2) is 5.74. The first-order valence-electron chi connectivity index (χ1n) is 6.36. The molecule has 94 valence electrons. The summed E-state index contributed by atoms with van der Waals surface area (Å²) >= 11 is 1.63. The molecule has 0 radical (unpaired) electrons. The fourth-order valence-electron chi connectivity index (χ4n) is 2.32. The van der Waals surface area contributed by atoms with Gasteiger partial charge < -0.3 is 4.90 Å². The third-order valence-electron chi connectivity index (χ3n) is 3.53. The van der Waals surface area contributed by atoms with Crippen LogP contribution in [0.5, 0.6) is 0 Å². The van der Waals surface area contributed by atoms with Crippen molar-refractivity contribution in [2.24, 2.45) is 5.92 Å². The van der Waals surface area contributed by atoms with E-state index in [2.05, 4.69) is 16.8 Å². The van der Waals surface area contributed by atoms with Crippen LogP contribution in [0.2, 0.25) is 0 Å². The highest BCUT2D eigenvalue weighted by atomic mass is 32.1. The third-order valence-corrected chi connectivity index (χ3v) is 4.40. The molecular formula is C13H20N2OS. The first kappa shape index (κ1) is 12.7. The van der Waals surface area contributed by atoms with Gasteiger partial charge in [0.05, 0.1) is 5.01 Å². The highest BCUT2D eigenvalue weighted by Crippen LogP contribution is 2.23. The summed E-state index contributed by atoms with van der Waals surface area (Å²) in [6.07, 6.45) is 3.58. The first-order valence-corrected chi connectivity index (χ1v) is 7.24. The molecule has 4 heteroatoms. The molecule has 1 aromatic heterocycles. The van der Waals surface area contributed by atoms with Crippen molar-refractivity contribution < 1.29 is 4.79 Å². The van der Waals surface area contributed by atoms with Gasteiger partial charge in [-0.3, -0.25) is 4.79 Å². The van der Waals surface area contributed by atoms with Crippen LogP contribution >= 0.6 is 11.3 Å². The highest BCUT2D eigenvalue weighted by Gasteiger charge is 2.19. The summed E-state index contributed by atoms with van der Waals surface area (Å²) in [4.78, 5) is 18.1. The van der Waals surface area contributed by atoms with E-state index in [4.69, 9.17) is 0 Å². The van der Waals surface area contributed by atoms with E-state index >= 15 is 0 Å². The quantitative estimate of drug-likeness (QED) is 0.772. The molecule has 1 fully saturated rings. The summed E-state index contributed by atoms with van der Waals surface area (Å²) in [6.45, 7) is 7.40. The number of hydrogen-bond donors (Lipinski definition) is 0. The van der Waals surface area contributed by atoms with Crippen molar-refractivity contribution in [1.29, 1.82) is 0 Å². The predicted octanol–water partition coefficient (Wildman–Crippen LogP) is 2.62. The molecule has 3 nitrogen and oxygen atoms in total. The number of carbonyl (C=O) groups is 1. The number of thiazole rings is 1. The van der Waals surface area contributed by atoms with Crippen molar-refractivity contribution >= 4 is 17.1 Å².